The Kier molecular flexibility index (Phi) is 5.04. The van der Waals surface area contributed by atoms with Gasteiger partial charge >= 0.3 is 0 Å². The van der Waals surface area contributed by atoms with Gasteiger partial charge in [0.05, 0.1) is 24.4 Å². The number of halogens is 1. The van der Waals surface area contributed by atoms with Crippen LogP contribution in [0.3, 0.4) is 0 Å². The third-order valence-corrected chi connectivity index (χ3v) is 5.53. The summed E-state index contributed by atoms with van der Waals surface area (Å²) in [6.45, 7) is 4.87. The number of hydrogen-bond acceptors (Lipinski definition) is 2. The summed E-state index contributed by atoms with van der Waals surface area (Å²) >= 11 is 3.52. The molecule has 1 aliphatic heterocycles. The van der Waals surface area contributed by atoms with Crippen molar-refractivity contribution in [3.63, 3.8) is 0 Å². The summed E-state index contributed by atoms with van der Waals surface area (Å²) in [4.78, 5) is 22.5. The van der Waals surface area contributed by atoms with Gasteiger partial charge in [-0.1, -0.05) is 48.0 Å². The molecule has 0 saturated carbocycles. The van der Waals surface area contributed by atoms with E-state index in [9.17, 15) is 4.79 Å². The van der Waals surface area contributed by atoms with Gasteiger partial charge in [-0.05, 0) is 47.7 Å². The van der Waals surface area contributed by atoms with Crippen molar-refractivity contribution in [1.29, 1.82) is 0 Å². The zero-order chi connectivity index (χ0) is 19.0. The summed E-state index contributed by atoms with van der Waals surface area (Å²) < 4.78 is 1.08. The number of nitrogens with zero attached hydrogens (tertiary/aromatic N) is 2. The molecule has 1 aliphatic rings. The van der Waals surface area contributed by atoms with E-state index in [1.165, 1.54) is 10.8 Å². The monoisotopic (exact) mass is 424 g/mol. The molecule has 2 aromatic carbocycles. The van der Waals surface area contributed by atoms with Gasteiger partial charge in [-0.2, -0.15) is 0 Å². The maximum Gasteiger partial charge on any atom is 0.227 e. The van der Waals surface area contributed by atoms with Crippen molar-refractivity contribution in [1.82, 2.24) is 14.9 Å². The van der Waals surface area contributed by atoms with Crippen molar-refractivity contribution in [2.45, 2.75) is 32.7 Å². The van der Waals surface area contributed by atoms with E-state index in [4.69, 9.17) is 0 Å². The van der Waals surface area contributed by atoms with E-state index in [-0.39, 0.29) is 17.9 Å². The number of carbonyl (C=O) groups is 1. The molecule has 1 radical (unpaired) electrons. The topological polar surface area (TPSA) is 49.0 Å². The highest BCUT2D eigenvalue weighted by atomic mass is 79.9. The predicted molar refractivity (Wildman–Crippen MR) is 112 cm³/mol. The number of benzene rings is 2. The number of aromatic amines is 1. The minimum absolute atomic E-state index is 0.0395. The Morgan fingerprint density at radius 2 is 2.04 bits per heavy atom. The number of fused-ring (bicyclic) bond motifs is 1. The summed E-state index contributed by atoms with van der Waals surface area (Å²) in [7, 11) is 0. The van der Waals surface area contributed by atoms with Crippen LogP contribution in [0.15, 0.2) is 47.1 Å². The van der Waals surface area contributed by atoms with E-state index in [0.717, 1.165) is 40.9 Å². The molecular formula is C22H23BrN3O. The largest absolute Gasteiger partial charge is 0.340 e. The molecule has 0 spiro atoms. The van der Waals surface area contributed by atoms with Crippen molar-refractivity contribution < 1.29 is 4.79 Å². The first-order valence-electron chi connectivity index (χ1n) is 9.41. The Hall–Kier alpha value is -2.14. The fourth-order valence-electron chi connectivity index (χ4n) is 3.73. The van der Waals surface area contributed by atoms with Gasteiger partial charge in [-0.3, -0.25) is 4.79 Å². The molecule has 3 aromatic rings. The Labute approximate surface area is 168 Å². The van der Waals surface area contributed by atoms with E-state index < -0.39 is 0 Å². The second-order valence-electron chi connectivity index (χ2n) is 7.49. The molecule has 1 atom stereocenters. The molecule has 1 N–H and O–H groups in total. The number of amides is 1. The Bertz CT molecular complexity index is 979. The third-order valence-electron chi connectivity index (χ3n) is 5.04. The van der Waals surface area contributed by atoms with E-state index in [0.29, 0.717) is 0 Å². The number of aromatic nitrogens is 2. The van der Waals surface area contributed by atoms with Gasteiger partial charge in [0.2, 0.25) is 5.91 Å². The van der Waals surface area contributed by atoms with E-state index in [1.807, 2.05) is 24.9 Å². The van der Waals surface area contributed by atoms with E-state index in [2.05, 4.69) is 62.3 Å². The summed E-state index contributed by atoms with van der Waals surface area (Å²) in [6.07, 6.45) is 5.64. The van der Waals surface area contributed by atoms with Crippen molar-refractivity contribution in [3.05, 3.63) is 59.3 Å². The average molecular weight is 425 g/mol. The molecule has 1 unspecified atom stereocenters. The molecule has 139 valence electrons. The smallest absolute Gasteiger partial charge is 0.227 e. The van der Waals surface area contributed by atoms with E-state index in [1.54, 1.807) is 6.42 Å². The first-order valence-corrected chi connectivity index (χ1v) is 10.2. The molecule has 27 heavy (non-hydrogen) atoms. The van der Waals surface area contributed by atoms with Gasteiger partial charge in [0.25, 0.3) is 0 Å². The van der Waals surface area contributed by atoms with Crippen LogP contribution < -0.4 is 0 Å². The number of rotatable bonds is 4. The fourth-order valence-corrected chi connectivity index (χ4v) is 4.11. The highest BCUT2D eigenvalue weighted by Gasteiger charge is 2.32. The van der Waals surface area contributed by atoms with Crippen LogP contribution in [0.1, 0.15) is 38.6 Å². The van der Waals surface area contributed by atoms with Gasteiger partial charge in [-0.25, -0.2) is 4.98 Å². The predicted octanol–water partition coefficient (Wildman–Crippen LogP) is 5.52. The number of carbonyl (C=O) groups excluding carboxylic acids is 1. The molecule has 0 bridgehead atoms. The first-order chi connectivity index (χ1) is 13.0. The highest BCUT2D eigenvalue weighted by Crippen LogP contribution is 2.33. The number of hydrogen-bond donors (Lipinski definition) is 1. The van der Waals surface area contributed by atoms with Crippen LogP contribution in [-0.4, -0.2) is 27.3 Å². The van der Waals surface area contributed by atoms with Crippen LogP contribution in [0.5, 0.6) is 0 Å². The minimum Gasteiger partial charge on any atom is -0.340 e. The van der Waals surface area contributed by atoms with Crippen molar-refractivity contribution >= 4 is 32.6 Å². The lowest BCUT2D eigenvalue weighted by Crippen LogP contribution is -2.32. The second kappa shape index (κ2) is 7.47. The van der Waals surface area contributed by atoms with Gasteiger partial charge in [-0.15, -0.1) is 0 Å². The molecule has 5 heteroatoms. The number of imidazole rings is 1. The quantitative estimate of drug-likeness (QED) is 0.599. The Morgan fingerprint density at radius 1 is 1.26 bits per heavy atom. The summed E-state index contributed by atoms with van der Waals surface area (Å²) in [5.74, 6) is 1.24. The average Bonchev–Trinajstić information content (AvgIpc) is 3.29. The Morgan fingerprint density at radius 3 is 2.85 bits per heavy atom. The number of likely N-dealkylation sites (tertiary alicyclic amines) is 1. The standard InChI is InChI=1S/C22H23BrN3O/c1-14(2)10-21(27)26-9-3-4-20(26)22-24-13-19(25-22)17-6-5-16-12-18(23)8-7-15(16)11-17/h5-8,10-14,20H,3-4,9H2,1-2H3,(H,24,25). The lowest BCUT2D eigenvalue weighted by molar-refractivity contribution is -0.129. The SMILES string of the molecule is CC(C)[CH]C(=O)N1CCCC1c1ncc(-c2ccc3cc(Br)ccc3c2)[nH]1. The molecule has 4 nitrogen and oxygen atoms in total. The molecule has 1 fully saturated rings. The van der Waals surface area contributed by atoms with Crippen LogP contribution in [0.25, 0.3) is 22.0 Å². The molecular weight excluding hydrogens is 402 g/mol. The van der Waals surface area contributed by atoms with Crippen molar-refractivity contribution in [2.75, 3.05) is 6.54 Å². The van der Waals surface area contributed by atoms with Crippen LogP contribution in [0.4, 0.5) is 0 Å². The zero-order valence-corrected chi connectivity index (χ0v) is 17.2. The van der Waals surface area contributed by atoms with Crippen molar-refractivity contribution in [3.8, 4) is 11.3 Å². The molecule has 0 aliphatic carbocycles. The molecule has 4 rings (SSSR count). The highest BCUT2D eigenvalue weighted by molar-refractivity contribution is 9.10. The van der Waals surface area contributed by atoms with Gasteiger partial charge in [0, 0.05) is 16.6 Å². The number of nitrogens with one attached hydrogen (secondary N) is 1. The fraction of sp³-hybridized carbons (Fsp3) is 0.318. The van der Waals surface area contributed by atoms with Gasteiger partial charge in [0.15, 0.2) is 0 Å². The summed E-state index contributed by atoms with van der Waals surface area (Å²) in [5.41, 5.74) is 2.09. The Balaban J connectivity index is 1.59. The summed E-state index contributed by atoms with van der Waals surface area (Å²) in [6, 6.07) is 12.7. The summed E-state index contributed by atoms with van der Waals surface area (Å²) in [5, 5.41) is 2.39. The molecule has 1 aromatic heterocycles. The van der Waals surface area contributed by atoms with Gasteiger partial charge in [0.1, 0.15) is 5.82 Å². The van der Waals surface area contributed by atoms with Crippen LogP contribution >= 0.6 is 15.9 Å². The third kappa shape index (κ3) is 3.79. The first kappa shape index (κ1) is 18.2. The second-order valence-corrected chi connectivity index (χ2v) is 8.40. The minimum atomic E-state index is 0.0395. The maximum absolute atomic E-state index is 12.5. The van der Waals surface area contributed by atoms with Gasteiger partial charge < -0.3 is 9.88 Å². The zero-order valence-electron chi connectivity index (χ0n) is 15.6. The van der Waals surface area contributed by atoms with Crippen LogP contribution in [-0.2, 0) is 4.79 Å². The maximum atomic E-state index is 12.5. The number of H-pyrrole nitrogens is 1. The lowest BCUT2D eigenvalue weighted by Gasteiger charge is -2.23. The van der Waals surface area contributed by atoms with E-state index >= 15 is 0 Å². The lowest BCUT2D eigenvalue weighted by atomic mass is 10.1. The van der Waals surface area contributed by atoms with Crippen LogP contribution in [0, 0.1) is 12.3 Å². The van der Waals surface area contributed by atoms with Crippen LogP contribution in [0.2, 0.25) is 0 Å². The normalized spacial score (nSPS) is 17.2. The molecule has 1 saturated heterocycles. The van der Waals surface area contributed by atoms with Crippen molar-refractivity contribution in [2.24, 2.45) is 5.92 Å². The molecule has 1 amide bonds. The molecule has 2 heterocycles.